The van der Waals surface area contributed by atoms with Crippen LogP contribution < -0.4 is 10.6 Å². The van der Waals surface area contributed by atoms with Crippen LogP contribution in [0.5, 0.6) is 0 Å². The summed E-state index contributed by atoms with van der Waals surface area (Å²) in [6.45, 7) is 4.14. The molecule has 1 fully saturated rings. The average molecular weight is 354 g/mol. The molecule has 1 saturated carbocycles. The van der Waals surface area contributed by atoms with Crippen LogP contribution in [-0.2, 0) is 16.0 Å². The predicted molar refractivity (Wildman–Crippen MR) is 99.9 cm³/mol. The van der Waals surface area contributed by atoms with Gasteiger partial charge in [0, 0.05) is 28.8 Å². The van der Waals surface area contributed by atoms with Crippen molar-refractivity contribution in [3.05, 3.63) is 51.2 Å². The fraction of sp³-hybridized carbons (Fsp3) is 0.400. The lowest BCUT2D eigenvalue weighted by molar-refractivity contribution is -0.123. The number of nitrogens with one attached hydrogen (secondary N) is 2. The van der Waals surface area contributed by atoms with E-state index in [9.17, 15) is 9.59 Å². The van der Waals surface area contributed by atoms with Gasteiger partial charge in [-0.3, -0.25) is 9.59 Å². The Morgan fingerprint density at radius 3 is 2.92 bits per heavy atom. The number of carbonyl (C=O) groups excluding carboxylic acids is 2. The van der Waals surface area contributed by atoms with Crippen LogP contribution in [-0.4, -0.2) is 11.8 Å². The second-order valence-electron chi connectivity index (χ2n) is 7.11. The summed E-state index contributed by atoms with van der Waals surface area (Å²) in [4.78, 5) is 25.4. The summed E-state index contributed by atoms with van der Waals surface area (Å²) in [7, 11) is 0. The normalized spacial score (nSPS) is 22.7. The van der Waals surface area contributed by atoms with Crippen molar-refractivity contribution in [2.75, 3.05) is 5.32 Å². The van der Waals surface area contributed by atoms with Crippen molar-refractivity contribution in [1.29, 1.82) is 0 Å². The first kappa shape index (κ1) is 16.3. The van der Waals surface area contributed by atoms with Gasteiger partial charge < -0.3 is 10.6 Å². The van der Waals surface area contributed by atoms with Gasteiger partial charge in [0.05, 0.1) is 6.04 Å². The Morgan fingerprint density at radius 2 is 2.16 bits per heavy atom. The molecule has 1 aromatic heterocycles. The largest absolute Gasteiger partial charge is 0.349 e. The number of hydrogen-bond acceptors (Lipinski definition) is 3. The van der Waals surface area contributed by atoms with E-state index in [1.807, 2.05) is 19.1 Å². The third kappa shape index (κ3) is 3.21. The summed E-state index contributed by atoms with van der Waals surface area (Å²) >= 11 is 1.76. The van der Waals surface area contributed by atoms with E-state index < -0.39 is 0 Å². The van der Waals surface area contributed by atoms with E-state index in [-0.39, 0.29) is 23.8 Å². The second kappa shape index (κ2) is 6.30. The van der Waals surface area contributed by atoms with Crippen molar-refractivity contribution in [2.45, 2.75) is 45.1 Å². The Morgan fingerprint density at radius 1 is 1.32 bits per heavy atom. The number of anilines is 1. The molecule has 2 aliphatic rings. The van der Waals surface area contributed by atoms with Crippen molar-refractivity contribution in [1.82, 2.24) is 5.32 Å². The summed E-state index contributed by atoms with van der Waals surface area (Å²) in [5, 5.41) is 8.16. The van der Waals surface area contributed by atoms with E-state index in [1.54, 1.807) is 11.3 Å². The third-order valence-electron chi connectivity index (χ3n) is 5.25. The van der Waals surface area contributed by atoms with Gasteiger partial charge in [0.15, 0.2) is 0 Å². The zero-order valence-electron chi connectivity index (χ0n) is 14.5. The Kier molecular flexibility index (Phi) is 4.12. The van der Waals surface area contributed by atoms with Crippen LogP contribution >= 0.6 is 11.3 Å². The highest BCUT2D eigenvalue weighted by molar-refractivity contribution is 7.10. The lowest BCUT2D eigenvalue weighted by Gasteiger charge is -2.20. The maximum absolute atomic E-state index is 12.6. The van der Waals surface area contributed by atoms with E-state index in [1.165, 1.54) is 10.4 Å². The fourth-order valence-electron chi connectivity index (χ4n) is 3.62. The van der Waals surface area contributed by atoms with Crippen molar-refractivity contribution in [2.24, 2.45) is 5.92 Å². The molecule has 2 heterocycles. The zero-order chi connectivity index (χ0) is 17.6. The molecule has 5 heteroatoms. The number of hydrogen-bond donors (Lipinski definition) is 2. The number of aryl methyl sites for hydroxylation is 2. The first-order chi connectivity index (χ1) is 12.0. The summed E-state index contributed by atoms with van der Waals surface area (Å²) < 4.78 is 0. The molecule has 1 aliphatic heterocycles. The standard InChI is InChI=1S/C20H22N2O2S/c1-11-7-8-25-19(11)15-10-16(15)20(24)21-12(2)13-3-5-17-14(9-13)4-6-18(23)22-17/h3,5,7-9,12,15-16H,4,6,10H2,1-2H3,(H,21,24)(H,22,23). The lowest BCUT2D eigenvalue weighted by Crippen LogP contribution is -2.28. The van der Waals surface area contributed by atoms with Gasteiger partial charge >= 0.3 is 0 Å². The SMILES string of the molecule is Cc1ccsc1C1CC1C(=O)NC(C)c1ccc2c(c1)CCC(=O)N2. The molecule has 2 N–H and O–H groups in total. The van der Waals surface area contributed by atoms with Gasteiger partial charge in [0.25, 0.3) is 0 Å². The van der Waals surface area contributed by atoms with Gasteiger partial charge in [0.2, 0.25) is 11.8 Å². The maximum atomic E-state index is 12.6. The van der Waals surface area contributed by atoms with Crippen molar-refractivity contribution < 1.29 is 9.59 Å². The molecule has 130 valence electrons. The maximum Gasteiger partial charge on any atom is 0.224 e. The molecular formula is C20H22N2O2S. The highest BCUT2D eigenvalue weighted by atomic mass is 32.1. The van der Waals surface area contributed by atoms with Crippen molar-refractivity contribution in [3.8, 4) is 0 Å². The molecule has 0 spiro atoms. The molecular weight excluding hydrogens is 332 g/mol. The zero-order valence-corrected chi connectivity index (χ0v) is 15.3. The topological polar surface area (TPSA) is 58.2 Å². The Hall–Kier alpha value is -2.14. The van der Waals surface area contributed by atoms with Gasteiger partial charge in [-0.15, -0.1) is 11.3 Å². The van der Waals surface area contributed by atoms with Crippen LogP contribution in [0.15, 0.2) is 29.6 Å². The molecule has 4 rings (SSSR count). The number of carbonyl (C=O) groups is 2. The van der Waals surface area contributed by atoms with Crippen LogP contribution in [0.3, 0.4) is 0 Å². The summed E-state index contributed by atoms with van der Waals surface area (Å²) in [6, 6.07) is 8.14. The van der Waals surface area contributed by atoms with E-state index in [0.717, 1.165) is 29.7 Å². The van der Waals surface area contributed by atoms with Gasteiger partial charge in [-0.05, 0) is 60.9 Å². The number of benzene rings is 1. The quantitative estimate of drug-likeness (QED) is 0.874. The van der Waals surface area contributed by atoms with E-state index in [0.29, 0.717) is 12.3 Å². The van der Waals surface area contributed by atoms with E-state index >= 15 is 0 Å². The van der Waals surface area contributed by atoms with E-state index in [4.69, 9.17) is 0 Å². The van der Waals surface area contributed by atoms with Crippen LogP contribution in [0.2, 0.25) is 0 Å². The van der Waals surface area contributed by atoms with Gasteiger partial charge in [-0.1, -0.05) is 12.1 Å². The Balaban J connectivity index is 1.41. The van der Waals surface area contributed by atoms with E-state index in [2.05, 4.69) is 35.1 Å². The van der Waals surface area contributed by atoms with Crippen LogP contribution in [0.25, 0.3) is 0 Å². The Labute approximate surface area is 151 Å². The minimum Gasteiger partial charge on any atom is -0.349 e. The highest BCUT2D eigenvalue weighted by Gasteiger charge is 2.45. The van der Waals surface area contributed by atoms with Crippen molar-refractivity contribution >= 4 is 28.8 Å². The number of fused-ring (bicyclic) bond motifs is 1. The monoisotopic (exact) mass is 354 g/mol. The molecule has 0 bridgehead atoms. The lowest BCUT2D eigenvalue weighted by atomic mass is 9.97. The molecule has 3 atom stereocenters. The van der Waals surface area contributed by atoms with Gasteiger partial charge in [-0.2, -0.15) is 0 Å². The van der Waals surface area contributed by atoms with Crippen LogP contribution in [0, 0.1) is 12.8 Å². The number of rotatable bonds is 4. The van der Waals surface area contributed by atoms with Gasteiger partial charge in [-0.25, -0.2) is 0 Å². The highest BCUT2D eigenvalue weighted by Crippen LogP contribution is 2.50. The molecule has 2 aromatic rings. The fourth-order valence-corrected chi connectivity index (χ4v) is 4.72. The number of amides is 2. The summed E-state index contributed by atoms with van der Waals surface area (Å²) in [5.74, 6) is 0.726. The summed E-state index contributed by atoms with van der Waals surface area (Å²) in [5.41, 5.74) is 4.44. The molecule has 25 heavy (non-hydrogen) atoms. The molecule has 0 saturated heterocycles. The third-order valence-corrected chi connectivity index (χ3v) is 6.40. The predicted octanol–water partition coefficient (Wildman–Crippen LogP) is 3.92. The average Bonchev–Trinajstić information content (AvgIpc) is 3.28. The molecule has 2 amide bonds. The van der Waals surface area contributed by atoms with Crippen LogP contribution in [0.1, 0.15) is 53.3 Å². The number of thiophene rings is 1. The molecule has 0 radical (unpaired) electrons. The van der Waals surface area contributed by atoms with Crippen LogP contribution in [0.4, 0.5) is 5.69 Å². The summed E-state index contributed by atoms with van der Waals surface area (Å²) in [6.07, 6.45) is 2.25. The minimum absolute atomic E-state index is 0.0267. The Bertz CT molecular complexity index is 842. The van der Waals surface area contributed by atoms with Crippen molar-refractivity contribution in [3.63, 3.8) is 0 Å². The molecule has 1 aliphatic carbocycles. The molecule has 4 nitrogen and oxygen atoms in total. The second-order valence-corrected chi connectivity index (χ2v) is 8.06. The molecule has 3 unspecified atom stereocenters. The van der Waals surface area contributed by atoms with Gasteiger partial charge in [0.1, 0.15) is 0 Å². The molecule has 1 aromatic carbocycles. The first-order valence-corrected chi connectivity index (χ1v) is 9.68. The smallest absolute Gasteiger partial charge is 0.224 e. The first-order valence-electron chi connectivity index (χ1n) is 8.80. The minimum atomic E-state index is -0.0267.